The molecule has 33 heavy (non-hydrogen) atoms. The standard InChI is InChI=1S/C17H22N2O4.C4H8.3C2H6/c1-6-18-23-12(3)17(20)19-8-7-13-9-14(21-4)10-15(22-5)16(13)11(19)2;1-4(2)3;3*1-2/h6,9-11H,3,7-8H2,1-2,4-5H3;1H2,2-3H3;3*1-2H3/b18-6-;;;;. The summed E-state index contributed by atoms with van der Waals surface area (Å²) in [6.45, 7) is 27.4. The lowest BCUT2D eigenvalue weighted by Crippen LogP contribution is -2.39. The van der Waals surface area contributed by atoms with Gasteiger partial charge in [-0.3, -0.25) is 4.79 Å². The molecular weight excluding hydrogens is 416 g/mol. The van der Waals surface area contributed by atoms with E-state index in [1.54, 1.807) is 26.0 Å². The zero-order valence-corrected chi connectivity index (χ0v) is 23.2. The first kappa shape index (κ1) is 34.8. The molecule has 6 heteroatoms. The molecule has 1 aromatic carbocycles. The predicted molar refractivity (Wildman–Crippen MR) is 142 cm³/mol. The minimum Gasteiger partial charge on any atom is -0.497 e. The second-order valence-corrected chi connectivity index (χ2v) is 6.41. The van der Waals surface area contributed by atoms with Gasteiger partial charge in [-0.1, -0.05) is 52.3 Å². The SMILES string of the molecule is C=C(C)C.C=C(O/N=C\C)C(=O)N1CCc2cc(OC)cc(OC)c2C1C.CC.CC.CC. The lowest BCUT2D eigenvalue weighted by Gasteiger charge is -2.36. The molecule has 0 aromatic heterocycles. The Morgan fingerprint density at radius 3 is 2.00 bits per heavy atom. The Labute approximate surface area is 203 Å². The van der Waals surface area contributed by atoms with Crippen molar-refractivity contribution in [3.63, 3.8) is 0 Å². The number of hydrogen-bond acceptors (Lipinski definition) is 5. The maximum Gasteiger partial charge on any atom is 0.292 e. The zero-order chi connectivity index (χ0) is 26.6. The Kier molecular flexibility index (Phi) is 22.3. The fourth-order valence-electron chi connectivity index (χ4n) is 2.81. The number of carbonyl (C=O) groups excluding carboxylic acids is 1. The highest BCUT2D eigenvalue weighted by atomic mass is 16.6. The van der Waals surface area contributed by atoms with Crippen LogP contribution in [-0.2, 0) is 16.1 Å². The second-order valence-electron chi connectivity index (χ2n) is 6.41. The van der Waals surface area contributed by atoms with Crippen molar-refractivity contribution in [2.45, 2.75) is 81.7 Å². The van der Waals surface area contributed by atoms with E-state index < -0.39 is 0 Å². The van der Waals surface area contributed by atoms with E-state index in [-0.39, 0.29) is 17.7 Å². The van der Waals surface area contributed by atoms with E-state index in [1.165, 1.54) is 11.8 Å². The van der Waals surface area contributed by atoms with Crippen LogP contribution in [0.1, 0.15) is 86.4 Å². The first-order valence-electron chi connectivity index (χ1n) is 11.8. The minimum absolute atomic E-state index is 0.00544. The van der Waals surface area contributed by atoms with Crippen molar-refractivity contribution in [2.24, 2.45) is 5.16 Å². The summed E-state index contributed by atoms with van der Waals surface area (Å²) in [6, 6.07) is 3.66. The largest absolute Gasteiger partial charge is 0.497 e. The highest BCUT2D eigenvalue weighted by Crippen LogP contribution is 2.39. The molecule has 1 aliphatic rings. The molecule has 2 rings (SSSR count). The number of fused-ring (bicyclic) bond motifs is 1. The number of rotatable bonds is 5. The van der Waals surface area contributed by atoms with Crippen molar-refractivity contribution in [1.82, 2.24) is 4.90 Å². The summed E-state index contributed by atoms with van der Waals surface area (Å²) in [5.41, 5.74) is 3.27. The molecule has 0 fully saturated rings. The van der Waals surface area contributed by atoms with Crippen molar-refractivity contribution in [2.75, 3.05) is 20.8 Å². The van der Waals surface area contributed by atoms with Crippen molar-refractivity contribution in [3.8, 4) is 11.5 Å². The van der Waals surface area contributed by atoms with Gasteiger partial charge in [-0.05, 0) is 52.3 Å². The van der Waals surface area contributed by atoms with Crippen LogP contribution in [0.15, 0.2) is 41.8 Å². The number of ether oxygens (including phenoxy) is 2. The van der Waals surface area contributed by atoms with Crippen molar-refractivity contribution < 1.29 is 19.1 Å². The molecule has 0 bridgehead atoms. The topological polar surface area (TPSA) is 60.4 Å². The Morgan fingerprint density at radius 1 is 1.06 bits per heavy atom. The van der Waals surface area contributed by atoms with Crippen LogP contribution in [0.3, 0.4) is 0 Å². The molecule has 0 saturated heterocycles. The van der Waals surface area contributed by atoms with E-state index in [2.05, 4.69) is 18.3 Å². The lowest BCUT2D eigenvalue weighted by atomic mass is 9.92. The summed E-state index contributed by atoms with van der Waals surface area (Å²) in [4.78, 5) is 19.2. The molecule has 0 saturated carbocycles. The van der Waals surface area contributed by atoms with Crippen LogP contribution in [0.4, 0.5) is 0 Å². The third-order valence-corrected chi connectivity index (χ3v) is 3.93. The first-order valence-corrected chi connectivity index (χ1v) is 11.8. The van der Waals surface area contributed by atoms with E-state index in [4.69, 9.17) is 14.3 Å². The summed E-state index contributed by atoms with van der Waals surface area (Å²) >= 11 is 0. The first-order chi connectivity index (χ1) is 15.8. The number of amides is 1. The lowest BCUT2D eigenvalue weighted by molar-refractivity contribution is -0.133. The van der Waals surface area contributed by atoms with Crippen molar-refractivity contribution in [1.29, 1.82) is 0 Å². The van der Waals surface area contributed by atoms with Crippen LogP contribution in [0, 0.1) is 0 Å². The molecule has 1 amide bonds. The molecule has 1 heterocycles. The van der Waals surface area contributed by atoms with Gasteiger partial charge in [0.05, 0.1) is 20.3 Å². The van der Waals surface area contributed by atoms with Crippen LogP contribution in [0.5, 0.6) is 11.5 Å². The van der Waals surface area contributed by atoms with Gasteiger partial charge in [0.15, 0.2) is 0 Å². The molecule has 1 aliphatic heterocycles. The number of nitrogens with zero attached hydrogens (tertiary/aromatic N) is 2. The minimum atomic E-state index is -0.272. The van der Waals surface area contributed by atoms with E-state index >= 15 is 0 Å². The molecule has 1 unspecified atom stereocenters. The zero-order valence-electron chi connectivity index (χ0n) is 23.2. The van der Waals surface area contributed by atoms with Crippen LogP contribution in [-0.4, -0.2) is 37.8 Å². The van der Waals surface area contributed by atoms with Gasteiger partial charge in [0.1, 0.15) is 11.5 Å². The van der Waals surface area contributed by atoms with Crippen LogP contribution in [0.25, 0.3) is 0 Å². The Morgan fingerprint density at radius 2 is 1.58 bits per heavy atom. The highest BCUT2D eigenvalue weighted by Gasteiger charge is 2.32. The van der Waals surface area contributed by atoms with Gasteiger partial charge in [-0.25, -0.2) is 0 Å². The Hall–Kier alpha value is -2.76. The summed E-state index contributed by atoms with van der Waals surface area (Å²) in [6.07, 6.45) is 2.17. The average Bonchev–Trinajstić information content (AvgIpc) is 2.84. The molecule has 0 aliphatic carbocycles. The summed E-state index contributed by atoms with van der Waals surface area (Å²) in [7, 11) is 3.24. The molecule has 1 atom stereocenters. The Balaban J connectivity index is -0.000000780. The second kappa shape index (κ2) is 21.1. The van der Waals surface area contributed by atoms with Gasteiger partial charge in [-0.15, -0.1) is 6.58 Å². The number of benzene rings is 1. The fraction of sp³-hybridized carbons (Fsp3) is 0.556. The Bertz CT molecular complexity index is 706. The van der Waals surface area contributed by atoms with Gasteiger partial charge in [-0.2, -0.15) is 0 Å². The quantitative estimate of drug-likeness (QED) is 0.150. The average molecular weight is 465 g/mol. The molecule has 1 aromatic rings. The third-order valence-electron chi connectivity index (χ3n) is 3.93. The maximum absolute atomic E-state index is 12.5. The number of allylic oxidation sites excluding steroid dienone is 1. The molecule has 190 valence electrons. The third kappa shape index (κ3) is 12.2. The monoisotopic (exact) mass is 464 g/mol. The summed E-state index contributed by atoms with van der Waals surface area (Å²) in [5, 5.41) is 3.60. The molecular formula is C27H48N2O4. The van der Waals surface area contributed by atoms with Crippen LogP contribution in [0.2, 0.25) is 0 Å². The maximum atomic E-state index is 12.5. The van der Waals surface area contributed by atoms with Crippen molar-refractivity contribution in [3.05, 3.63) is 47.7 Å². The molecule has 0 N–H and O–H groups in total. The number of carbonyl (C=O) groups is 1. The normalized spacial score (nSPS) is 13.1. The van der Waals surface area contributed by atoms with Crippen LogP contribution < -0.4 is 9.47 Å². The van der Waals surface area contributed by atoms with Gasteiger partial charge in [0.2, 0.25) is 5.76 Å². The van der Waals surface area contributed by atoms with Gasteiger partial charge < -0.3 is 19.2 Å². The summed E-state index contributed by atoms with van der Waals surface area (Å²) < 4.78 is 10.8. The van der Waals surface area contributed by atoms with Gasteiger partial charge in [0, 0.05) is 24.4 Å². The van der Waals surface area contributed by atoms with Crippen LogP contribution >= 0.6 is 0 Å². The van der Waals surface area contributed by atoms with Gasteiger partial charge in [0.25, 0.3) is 5.91 Å². The molecule has 0 spiro atoms. The predicted octanol–water partition coefficient (Wildman–Crippen LogP) is 7.35. The number of methoxy groups -OCH3 is 2. The molecule has 6 nitrogen and oxygen atoms in total. The highest BCUT2D eigenvalue weighted by molar-refractivity contribution is 5.91. The van der Waals surface area contributed by atoms with E-state index in [0.29, 0.717) is 18.7 Å². The van der Waals surface area contributed by atoms with E-state index in [9.17, 15) is 4.79 Å². The smallest absolute Gasteiger partial charge is 0.292 e. The summed E-state index contributed by atoms with van der Waals surface area (Å²) in [5.74, 6) is 1.19. The number of oxime groups is 1. The van der Waals surface area contributed by atoms with Crippen molar-refractivity contribution >= 4 is 12.1 Å². The number of hydrogen-bond donors (Lipinski definition) is 0. The molecule has 0 radical (unpaired) electrons. The van der Waals surface area contributed by atoms with E-state index in [0.717, 1.165) is 16.9 Å². The fourth-order valence-corrected chi connectivity index (χ4v) is 2.81. The van der Waals surface area contributed by atoms with E-state index in [1.807, 2.05) is 74.4 Å². The van der Waals surface area contributed by atoms with Gasteiger partial charge >= 0.3 is 0 Å².